The number of hydrogen-bond acceptors (Lipinski definition) is 3. The second-order valence-corrected chi connectivity index (χ2v) is 7.17. The second kappa shape index (κ2) is 4.39. The molecule has 0 aromatic heterocycles. The number of sulfonamides is 1. The molecule has 4 nitrogen and oxygen atoms in total. The van der Waals surface area contributed by atoms with Crippen LogP contribution >= 0.6 is 0 Å². The molecule has 1 atom stereocenters. The maximum absolute atomic E-state index is 11.4. The molecule has 1 aliphatic heterocycles. The zero-order chi connectivity index (χ0) is 11.7. The van der Waals surface area contributed by atoms with E-state index in [4.69, 9.17) is 0 Å². The van der Waals surface area contributed by atoms with E-state index in [0.717, 1.165) is 19.5 Å². The standard InChI is InChI=1S/C10H22N2O2S/c1-5-15(13,14)11-9-6-7-12(8-9)10(2,3)4/h9,11H,5-8H2,1-4H3/t9-/m1/s1. The van der Waals surface area contributed by atoms with Crippen LogP contribution in [0.2, 0.25) is 0 Å². The van der Waals surface area contributed by atoms with Crippen molar-refractivity contribution in [3.8, 4) is 0 Å². The van der Waals surface area contributed by atoms with Crippen molar-refractivity contribution in [2.45, 2.75) is 45.7 Å². The van der Waals surface area contributed by atoms with Crippen molar-refractivity contribution >= 4 is 10.0 Å². The summed E-state index contributed by atoms with van der Waals surface area (Å²) in [5, 5.41) is 0. The van der Waals surface area contributed by atoms with E-state index in [0.29, 0.717) is 0 Å². The lowest BCUT2D eigenvalue weighted by Gasteiger charge is -2.31. The van der Waals surface area contributed by atoms with Gasteiger partial charge >= 0.3 is 0 Å². The first-order valence-corrected chi connectivity index (χ1v) is 7.15. The van der Waals surface area contributed by atoms with Gasteiger partial charge in [-0.1, -0.05) is 0 Å². The first-order valence-electron chi connectivity index (χ1n) is 5.49. The molecule has 0 unspecified atom stereocenters. The first-order chi connectivity index (χ1) is 6.74. The average Bonchev–Trinajstić information content (AvgIpc) is 2.51. The molecule has 90 valence electrons. The van der Waals surface area contributed by atoms with Crippen molar-refractivity contribution in [1.29, 1.82) is 0 Å². The Kier molecular flexibility index (Phi) is 3.79. The third kappa shape index (κ3) is 3.74. The first kappa shape index (κ1) is 12.9. The zero-order valence-electron chi connectivity index (χ0n) is 10.1. The van der Waals surface area contributed by atoms with Gasteiger partial charge < -0.3 is 0 Å². The molecule has 0 spiro atoms. The van der Waals surface area contributed by atoms with Crippen molar-refractivity contribution in [2.75, 3.05) is 18.8 Å². The highest BCUT2D eigenvalue weighted by Gasteiger charge is 2.31. The fraction of sp³-hybridized carbons (Fsp3) is 1.00. The molecule has 1 N–H and O–H groups in total. The van der Waals surface area contributed by atoms with E-state index in [-0.39, 0.29) is 17.3 Å². The maximum Gasteiger partial charge on any atom is 0.211 e. The summed E-state index contributed by atoms with van der Waals surface area (Å²) >= 11 is 0. The largest absolute Gasteiger partial charge is 0.297 e. The van der Waals surface area contributed by atoms with Gasteiger partial charge in [0.15, 0.2) is 0 Å². The summed E-state index contributed by atoms with van der Waals surface area (Å²) in [6, 6.07) is 0.0918. The summed E-state index contributed by atoms with van der Waals surface area (Å²) in [7, 11) is -3.05. The molecule has 1 fully saturated rings. The minimum atomic E-state index is -3.05. The van der Waals surface area contributed by atoms with Crippen molar-refractivity contribution < 1.29 is 8.42 Å². The summed E-state index contributed by atoms with van der Waals surface area (Å²) < 4.78 is 25.5. The van der Waals surface area contributed by atoms with Crippen LogP contribution in [0.3, 0.4) is 0 Å². The molecule has 0 radical (unpaired) electrons. The molecular formula is C10H22N2O2S. The Balaban J connectivity index is 2.51. The van der Waals surface area contributed by atoms with Crippen LogP contribution in [0, 0.1) is 0 Å². The van der Waals surface area contributed by atoms with Crippen molar-refractivity contribution in [3.63, 3.8) is 0 Å². The van der Waals surface area contributed by atoms with Crippen LogP contribution in [0.25, 0.3) is 0 Å². The van der Waals surface area contributed by atoms with E-state index in [1.807, 2.05) is 0 Å². The summed E-state index contributed by atoms with van der Waals surface area (Å²) in [5.41, 5.74) is 0.131. The Bertz CT molecular complexity index is 306. The number of likely N-dealkylation sites (tertiary alicyclic amines) is 1. The Morgan fingerprint density at radius 1 is 1.40 bits per heavy atom. The molecular weight excluding hydrogens is 212 g/mol. The van der Waals surface area contributed by atoms with Crippen LogP contribution in [0.1, 0.15) is 34.1 Å². The maximum atomic E-state index is 11.4. The van der Waals surface area contributed by atoms with Crippen LogP contribution in [0.15, 0.2) is 0 Å². The number of nitrogens with zero attached hydrogens (tertiary/aromatic N) is 1. The van der Waals surface area contributed by atoms with E-state index in [9.17, 15) is 8.42 Å². The highest BCUT2D eigenvalue weighted by Crippen LogP contribution is 2.20. The van der Waals surface area contributed by atoms with Crippen LogP contribution in [-0.2, 0) is 10.0 Å². The van der Waals surface area contributed by atoms with E-state index in [1.54, 1.807) is 6.92 Å². The van der Waals surface area contributed by atoms with E-state index in [2.05, 4.69) is 30.4 Å². The monoisotopic (exact) mass is 234 g/mol. The molecule has 1 rings (SSSR count). The predicted molar refractivity (Wildman–Crippen MR) is 62.3 cm³/mol. The highest BCUT2D eigenvalue weighted by atomic mass is 32.2. The Morgan fingerprint density at radius 2 is 2.00 bits per heavy atom. The fourth-order valence-electron chi connectivity index (χ4n) is 1.80. The van der Waals surface area contributed by atoms with Crippen LogP contribution < -0.4 is 4.72 Å². The lowest BCUT2D eigenvalue weighted by Crippen LogP contribution is -2.43. The van der Waals surface area contributed by atoms with E-state index in [1.165, 1.54) is 0 Å². The minimum Gasteiger partial charge on any atom is -0.297 e. The van der Waals surface area contributed by atoms with Crippen LogP contribution in [-0.4, -0.2) is 43.7 Å². The molecule has 0 aromatic rings. The molecule has 1 heterocycles. The van der Waals surface area contributed by atoms with E-state index >= 15 is 0 Å². The zero-order valence-corrected chi connectivity index (χ0v) is 10.9. The smallest absolute Gasteiger partial charge is 0.211 e. The summed E-state index contributed by atoms with van der Waals surface area (Å²) in [5.74, 6) is 0.166. The van der Waals surface area contributed by atoms with Gasteiger partial charge in [-0.2, -0.15) is 0 Å². The van der Waals surface area contributed by atoms with Gasteiger partial charge in [0.2, 0.25) is 10.0 Å². The highest BCUT2D eigenvalue weighted by molar-refractivity contribution is 7.89. The molecule has 15 heavy (non-hydrogen) atoms. The third-order valence-electron chi connectivity index (χ3n) is 2.86. The summed E-state index contributed by atoms with van der Waals surface area (Å²) in [6.07, 6.45) is 0.913. The van der Waals surface area contributed by atoms with Gasteiger partial charge in [-0.25, -0.2) is 13.1 Å². The van der Waals surface area contributed by atoms with Gasteiger partial charge in [0.1, 0.15) is 0 Å². The molecule has 1 aliphatic rings. The minimum absolute atomic E-state index is 0.0918. The predicted octanol–water partition coefficient (Wildman–Crippen LogP) is 0.798. The quantitative estimate of drug-likeness (QED) is 0.786. The van der Waals surface area contributed by atoms with Gasteiger partial charge in [-0.05, 0) is 34.1 Å². The molecule has 5 heteroatoms. The molecule has 1 saturated heterocycles. The molecule has 0 aromatic carbocycles. The van der Waals surface area contributed by atoms with Gasteiger partial charge in [0.25, 0.3) is 0 Å². The lowest BCUT2D eigenvalue weighted by atomic mass is 10.1. The Hall–Kier alpha value is -0.130. The number of rotatable bonds is 3. The van der Waals surface area contributed by atoms with Crippen molar-refractivity contribution in [2.24, 2.45) is 0 Å². The fourth-order valence-corrected chi connectivity index (χ4v) is 2.67. The SMILES string of the molecule is CCS(=O)(=O)N[C@@H]1CCN(C(C)(C)C)C1. The van der Waals surface area contributed by atoms with Crippen LogP contribution in [0.4, 0.5) is 0 Å². The Labute approximate surface area is 93.1 Å². The lowest BCUT2D eigenvalue weighted by molar-refractivity contribution is 0.172. The van der Waals surface area contributed by atoms with Gasteiger partial charge in [0, 0.05) is 24.7 Å². The average molecular weight is 234 g/mol. The van der Waals surface area contributed by atoms with Crippen molar-refractivity contribution in [1.82, 2.24) is 9.62 Å². The molecule has 0 amide bonds. The molecule has 0 bridgehead atoms. The molecule has 0 saturated carbocycles. The Morgan fingerprint density at radius 3 is 2.40 bits per heavy atom. The topological polar surface area (TPSA) is 49.4 Å². The molecule has 0 aliphatic carbocycles. The summed E-state index contributed by atoms with van der Waals surface area (Å²) in [4.78, 5) is 2.32. The third-order valence-corrected chi connectivity index (χ3v) is 4.32. The van der Waals surface area contributed by atoms with Crippen LogP contribution in [0.5, 0.6) is 0 Å². The van der Waals surface area contributed by atoms with Gasteiger partial charge in [0.05, 0.1) is 5.75 Å². The van der Waals surface area contributed by atoms with Crippen molar-refractivity contribution in [3.05, 3.63) is 0 Å². The van der Waals surface area contributed by atoms with E-state index < -0.39 is 10.0 Å². The van der Waals surface area contributed by atoms with Gasteiger partial charge in [-0.15, -0.1) is 0 Å². The van der Waals surface area contributed by atoms with Gasteiger partial charge in [-0.3, -0.25) is 4.90 Å². The normalized spacial score (nSPS) is 24.7. The number of hydrogen-bond donors (Lipinski definition) is 1. The number of nitrogens with one attached hydrogen (secondary N) is 1. The second-order valence-electron chi connectivity index (χ2n) is 5.12. The summed E-state index contributed by atoms with van der Waals surface area (Å²) in [6.45, 7) is 9.93.